The molecule has 0 saturated carbocycles. The van der Waals surface area contributed by atoms with Crippen LogP contribution in [0.15, 0.2) is 67.0 Å². The summed E-state index contributed by atoms with van der Waals surface area (Å²) in [7, 11) is 0. The summed E-state index contributed by atoms with van der Waals surface area (Å²) in [5.41, 5.74) is 10.7. The maximum Gasteiger partial charge on any atom is 0.159 e. The van der Waals surface area contributed by atoms with Gasteiger partial charge in [0.1, 0.15) is 12.0 Å². The lowest BCUT2D eigenvalue weighted by Crippen LogP contribution is -2.06. The van der Waals surface area contributed by atoms with E-state index in [0.717, 1.165) is 26.1 Å². The second-order valence-corrected chi connectivity index (χ2v) is 9.63. The molecule has 9 heteroatoms. The van der Waals surface area contributed by atoms with Crippen LogP contribution in [0.4, 0.5) is 28.7 Å². The Morgan fingerprint density at radius 3 is 2.26 bits per heavy atom. The van der Waals surface area contributed by atoms with Crippen LogP contribution in [-0.2, 0) is 0 Å². The summed E-state index contributed by atoms with van der Waals surface area (Å²) in [4.78, 5) is 8.56. The fourth-order valence-corrected chi connectivity index (χ4v) is 4.19. The van der Waals surface area contributed by atoms with E-state index in [9.17, 15) is 5.26 Å². The molecule has 4 rings (SSSR count). The molecule has 1 heterocycles. The highest BCUT2D eigenvalue weighted by atomic mass is 127. The molecule has 4 aromatic rings. The van der Waals surface area contributed by atoms with Gasteiger partial charge in [-0.25, -0.2) is 9.97 Å². The number of anilines is 5. The molecule has 34 heavy (non-hydrogen) atoms. The predicted molar refractivity (Wildman–Crippen MR) is 147 cm³/mol. The maximum absolute atomic E-state index is 9.83. The van der Waals surface area contributed by atoms with Gasteiger partial charge >= 0.3 is 0 Å². The van der Waals surface area contributed by atoms with Crippen molar-refractivity contribution in [3.63, 3.8) is 0 Å². The molecule has 4 N–H and O–H groups in total. The summed E-state index contributed by atoms with van der Waals surface area (Å²) in [5.74, 6) is 0.419. The van der Waals surface area contributed by atoms with Crippen molar-refractivity contribution < 1.29 is 0 Å². The standard InChI is InChI=1S/C25H19Cl2IN6/c1-14-10-19(20(12-29)15-2-4-16(26)5-3-15)21(27)11-22(14)34-25-23(30)24(31-13-32-25)33-18-8-6-17(28)7-9-18/h2-11,13,20H,30H2,1H3,(H2,31,32,33,34). The van der Waals surface area contributed by atoms with E-state index >= 15 is 0 Å². The third-order valence-corrected chi connectivity index (χ3v) is 6.53. The summed E-state index contributed by atoms with van der Waals surface area (Å²) in [5, 5.41) is 17.4. The van der Waals surface area contributed by atoms with Gasteiger partial charge in [0.05, 0.1) is 12.0 Å². The van der Waals surface area contributed by atoms with Gasteiger partial charge in [-0.2, -0.15) is 5.26 Å². The Kier molecular flexibility index (Phi) is 7.41. The minimum Gasteiger partial charge on any atom is -0.393 e. The fourth-order valence-electron chi connectivity index (χ4n) is 3.43. The van der Waals surface area contributed by atoms with E-state index in [1.54, 1.807) is 18.2 Å². The van der Waals surface area contributed by atoms with Gasteiger partial charge in [-0.1, -0.05) is 41.4 Å². The molecular weight excluding hydrogens is 582 g/mol. The van der Waals surface area contributed by atoms with Crippen LogP contribution in [0.3, 0.4) is 0 Å². The number of rotatable bonds is 6. The Balaban J connectivity index is 1.61. The quantitative estimate of drug-likeness (QED) is 0.199. The number of aromatic nitrogens is 2. The van der Waals surface area contributed by atoms with E-state index < -0.39 is 5.92 Å². The van der Waals surface area contributed by atoms with E-state index in [1.165, 1.54) is 6.33 Å². The number of aryl methyl sites for hydroxylation is 1. The van der Waals surface area contributed by atoms with Crippen molar-refractivity contribution >= 4 is 74.5 Å². The number of hydrogen-bond donors (Lipinski definition) is 3. The van der Waals surface area contributed by atoms with Crippen LogP contribution < -0.4 is 16.4 Å². The zero-order valence-corrected chi connectivity index (χ0v) is 21.7. The summed E-state index contributed by atoms with van der Waals surface area (Å²) in [6, 6.07) is 21.1. The summed E-state index contributed by atoms with van der Waals surface area (Å²) in [6.45, 7) is 1.93. The summed E-state index contributed by atoms with van der Waals surface area (Å²) in [6.07, 6.45) is 1.44. The molecule has 0 amide bonds. The van der Waals surface area contributed by atoms with Crippen molar-refractivity contribution in [3.8, 4) is 6.07 Å². The highest BCUT2D eigenvalue weighted by Crippen LogP contribution is 2.36. The highest BCUT2D eigenvalue weighted by molar-refractivity contribution is 14.1. The van der Waals surface area contributed by atoms with E-state index in [1.807, 2.05) is 49.4 Å². The fraction of sp³-hybridized carbons (Fsp3) is 0.0800. The third-order valence-electron chi connectivity index (χ3n) is 5.23. The van der Waals surface area contributed by atoms with Crippen LogP contribution in [0.5, 0.6) is 0 Å². The number of nitrogens with zero attached hydrogens (tertiary/aromatic N) is 3. The van der Waals surface area contributed by atoms with Crippen LogP contribution in [0.25, 0.3) is 0 Å². The predicted octanol–water partition coefficient (Wildman–Crippen LogP) is 7.42. The zero-order chi connectivity index (χ0) is 24.2. The first-order chi connectivity index (χ1) is 16.4. The van der Waals surface area contributed by atoms with Gasteiger partial charge < -0.3 is 16.4 Å². The van der Waals surface area contributed by atoms with Gasteiger partial charge in [-0.05, 0) is 88.7 Å². The van der Waals surface area contributed by atoms with Crippen LogP contribution in [0.2, 0.25) is 10.0 Å². The molecule has 1 unspecified atom stereocenters. The van der Waals surface area contributed by atoms with Crippen molar-refractivity contribution in [2.45, 2.75) is 12.8 Å². The lowest BCUT2D eigenvalue weighted by molar-refractivity contribution is 1.03. The molecule has 0 radical (unpaired) electrons. The molecular formula is C25H19Cl2IN6. The smallest absolute Gasteiger partial charge is 0.159 e. The molecule has 0 bridgehead atoms. The highest BCUT2D eigenvalue weighted by Gasteiger charge is 2.19. The number of benzene rings is 3. The van der Waals surface area contributed by atoms with Gasteiger partial charge in [0.15, 0.2) is 11.6 Å². The minimum absolute atomic E-state index is 0.372. The van der Waals surface area contributed by atoms with E-state index in [-0.39, 0.29) is 0 Å². The topological polar surface area (TPSA) is 99.6 Å². The monoisotopic (exact) mass is 600 g/mol. The van der Waals surface area contributed by atoms with Gasteiger partial charge in [-0.15, -0.1) is 0 Å². The van der Waals surface area contributed by atoms with Crippen LogP contribution >= 0.6 is 45.8 Å². The number of nitrogens with one attached hydrogen (secondary N) is 2. The first kappa shape index (κ1) is 24.1. The lowest BCUT2D eigenvalue weighted by atomic mass is 9.91. The minimum atomic E-state index is -0.522. The average molecular weight is 601 g/mol. The largest absolute Gasteiger partial charge is 0.393 e. The van der Waals surface area contributed by atoms with Crippen LogP contribution in [0, 0.1) is 21.8 Å². The van der Waals surface area contributed by atoms with Gasteiger partial charge in [0, 0.05) is 25.0 Å². The Labute approximate surface area is 221 Å². The van der Waals surface area contributed by atoms with E-state index in [2.05, 4.69) is 49.3 Å². The number of nitrogen functional groups attached to an aromatic ring is 1. The maximum atomic E-state index is 9.83. The second-order valence-electron chi connectivity index (χ2n) is 7.54. The molecule has 0 aliphatic rings. The summed E-state index contributed by atoms with van der Waals surface area (Å²) >= 11 is 14.9. The number of hydrogen-bond acceptors (Lipinski definition) is 6. The van der Waals surface area contributed by atoms with Crippen molar-refractivity contribution in [1.29, 1.82) is 5.26 Å². The molecule has 0 saturated heterocycles. The zero-order valence-electron chi connectivity index (χ0n) is 18.0. The summed E-state index contributed by atoms with van der Waals surface area (Å²) < 4.78 is 1.13. The first-order valence-electron chi connectivity index (χ1n) is 10.2. The molecule has 0 spiro atoms. The van der Waals surface area contributed by atoms with Crippen molar-refractivity contribution in [1.82, 2.24) is 9.97 Å². The SMILES string of the molecule is Cc1cc(C(C#N)c2ccc(Cl)cc2)c(Cl)cc1Nc1ncnc(Nc2ccc(I)cc2)c1N. The number of nitriles is 1. The molecule has 1 aromatic heterocycles. The van der Waals surface area contributed by atoms with Crippen molar-refractivity contribution in [3.05, 3.63) is 97.3 Å². The van der Waals surface area contributed by atoms with E-state index in [4.69, 9.17) is 28.9 Å². The van der Waals surface area contributed by atoms with Crippen LogP contribution in [0.1, 0.15) is 22.6 Å². The van der Waals surface area contributed by atoms with Crippen molar-refractivity contribution in [2.75, 3.05) is 16.4 Å². The molecule has 1 atom stereocenters. The average Bonchev–Trinajstić information content (AvgIpc) is 2.82. The van der Waals surface area contributed by atoms with E-state index in [0.29, 0.717) is 32.9 Å². The van der Waals surface area contributed by atoms with Gasteiger partial charge in [0.2, 0.25) is 0 Å². The Morgan fingerprint density at radius 1 is 0.971 bits per heavy atom. The second kappa shape index (κ2) is 10.5. The number of nitrogens with two attached hydrogens (primary N) is 1. The Hall–Kier alpha value is -3.06. The molecule has 6 nitrogen and oxygen atoms in total. The third kappa shape index (κ3) is 5.36. The normalized spacial score (nSPS) is 11.5. The molecule has 0 aliphatic heterocycles. The lowest BCUT2D eigenvalue weighted by Gasteiger charge is -2.17. The Bertz CT molecular complexity index is 1370. The first-order valence-corrected chi connectivity index (χ1v) is 12.0. The molecule has 170 valence electrons. The Morgan fingerprint density at radius 2 is 1.62 bits per heavy atom. The van der Waals surface area contributed by atoms with Gasteiger partial charge in [-0.3, -0.25) is 0 Å². The molecule has 0 fully saturated rings. The molecule has 0 aliphatic carbocycles. The molecule has 3 aromatic carbocycles. The van der Waals surface area contributed by atoms with Crippen LogP contribution in [-0.4, -0.2) is 9.97 Å². The van der Waals surface area contributed by atoms with Gasteiger partial charge in [0.25, 0.3) is 0 Å². The number of halogens is 3. The van der Waals surface area contributed by atoms with Crippen molar-refractivity contribution in [2.24, 2.45) is 0 Å².